The summed E-state index contributed by atoms with van der Waals surface area (Å²) in [5.74, 6) is 0.906. The van der Waals surface area contributed by atoms with Crippen molar-refractivity contribution in [2.75, 3.05) is 31.6 Å². The summed E-state index contributed by atoms with van der Waals surface area (Å²) in [6.07, 6.45) is 5.29. The van der Waals surface area contributed by atoms with Crippen LogP contribution in [-0.2, 0) is 11.2 Å². The zero-order valence-corrected chi connectivity index (χ0v) is 14.6. The topological polar surface area (TPSA) is 41.6 Å². The molecule has 0 atom stereocenters. The minimum Gasteiger partial charge on any atom is -0.493 e. The van der Waals surface area contributed by atoms with Gasteiger partial charge in [-0.05, 0) is 47.9 Å². The van der Waals surface area contributed by atoms with Gasteiger partial charge in [-0.25, -0.2) is 0 Å². The van der Waals surface area contributed by atoms with Crippen LogP contribution >= 0.6 is 0 Å². The molecule has 0 spiro atoms. The summed E-state index contributed by atoms with van der Waals surface area (Å²) in [5, 5.41) is 2.93. The summed E-state index contributed by atoms with van der Waals surface area (Å²) < 4.78 is 5.49. The SMILES string of the molecule is CN(CCCNC(=O)/C=C/c1ccc2c(c1)CCO2)c1ccccc1. The molecule has 25 heavy (non-hydrogen) atoms. The number of nitrogens with one attached hydrogen (secondary N) is 1. The average molecular weight is 336 g/mol. The van der Waals surface area contributed by atoms with Gasteiger partial charge in [-0.1, -0.05) is 24.3 Å². The molecule has 4 heteroatoms. The lowest BCUT2D eigenvalue weighted by Gasteiger charge is -2.19. The maximum Gasteiger partial charge on any atom is 0.244 e. The molecule has 0 aromatic heterocycles. The Morgan fingerprint density at radius 2 is 2.08 bits per heavy atom. The number of rotatable bonds is 7. The quantitative estimate of drug-likeness (QED) is 0.623. The molecule has 3 rings (SSSR count). The third kappa shape index (κ3) is 4.86. The molecule has 0 saturated carbocycles. The standard InChI is InChI=1S/C21H24N2O2/c1-23(19-6-3-2-4-7-19)14-5-13-22-21(24)11-9-17-8-10-20-18(16-17)12-15-25-20/h2-4,6-11,16H,5,12-15H2,1H3,(H,22,24)/b11-9+. The lowest BCUT2D eigenvalue weighted by molar-refractivity contribution is -0.116. The third-order valence-corrected chi connectivity index (χ3v) is 4.31. The highest BCUT2D eigenvalue weighted by atomic mass is 16.5. The van der Waals surface area contributed by atoms with Crippen molar-refractivity contribution in [1.82, 2.24) is 5.32 Å². The molecular formula is C21H24N2O2. The molecule has 130 valence electrons. The van der Waals surface area contributed by atoms with Crippen molar-refractivity contribution in [1.29, 1.82) is 0 Å². The van der Waals surface area contributed by atoms with Gasteiger partial charge in [0.2, 0.25) is 5.91 Å². The van der Waals surface area contributed by atoms with Crippen LogP contribution < -0.4 is 15.0 Å². The number of anilines is 1. The fourth-order valence-electron chi connectivity index (χ4n) is 2.88. The molecule has 1 aliphatic rings. The maximum absolute atomic E-state index is 11.9. The molecular weight excluding hydrogens is 312 g/mol. The first-order valence-corrected chi connectivity index (χ1v) is 8.70. The molecule has 1 amide bonds. The lowest BCUT2D eigenvalue weighted by Crippen LogP contribution is -2.26. The van der Waals surface area contributed by atoms with Gasteiger partial charge in [-0.15, -0.1) is 0 Å². The average Bonchev–Trinajstić information content (AvgIpc) is 3.12. The summed E-state index contributed by atoms with van der Waals surface area (Å²) >= 11 is 0. The van der Waals surface area contributed by atoms with Crippen molar-refractivity contribution in [2.24, 2.45) is 0 Å². The molecule has 0 saturated heterocycles. The number of fused-ring (bicyclic) bond motifs is 1. The summed E-state index contributed by atoms with van der Waals surface area (Å²) in [6.45, 7) is 2.32. The van der Waals surface area contributed by atoms with Crippen molar-refractivity contribution in [3.8, 4) is 5.75 Å². The lowest BCUT2D eigenvalue weighted by atomic mass is 10.1. The Balaban J connectivity index is 1.39. The highest BCUT2D eigenvalue weighted by Crippen LogP contribution is 2.26. The van der Waals surface area contributed by atoms with E-state index in [-0.39, 0.29) is 5.91 Å². The van der Waals surface area contributed by atoms with Gasteiger partial charge >= 0.3 is 0 Å². The monoisotopic (exact) mass is 336 g/mol. The van der Waals surface area contributed by atoms with E-state index in [1.807, 2.05) is 36.4 Å². The Bertz CT molecular complexity index is 741. The van der Waals surface area contributed by atoms with E-state index in [0.717, 1.165) is 37.3 Å². The van der Waals surface area contributed by atoms with Crippen molar-refractivity contribution in [2.45, 2.75) is 12.8 Å². The number of hydrogen-bond acceptors (Lipinski definition) is 3. The Morgan fingerprint density at radius 3 is 2.92 bits per heavy atom. The van der Waals surface area contributed by atoms with Crippen LogP contribution in [0.4, 0.5) is 5.69 Å². The molecule has 0 fully saturated rings. The normalized spacial score (nSPS) is 12.7. The van der Waals surface area contributed by atoms with E-state index in [2.05, 4.69) is 35.5 Å². The largest absolute Gasteiger partial charge is 0.493 e. The van der Waals surface area contributed by atoms with E-state index in [1.165, 1.54) is 11.3 Å². The van der Waals surface area contributed by atoms with Crippen LogP contribution in [0.5, 0.6) is 5.75 Å². The van der Waals surface area contributed by atoms with Gasteiger partial charge in [0.15, 0.2) is 0 Å². The Hall–Kier alpha value is -2.75. The smallest absolute Gasteiger partial charge is 0.244 e. The minimum absolute atomic E-state index is 0.0564. The number of amides is 1. The van der Waals surface area contributed by atoms with Crippen LogP contribution in [0.2, 0.25) is 0 Å². The zero-order valence-electron chi connectivity index (χ0n) is 14.6. The number of carbonyl (C=O) groups is 1. The molecule has 2 aromatic carbocycles. The molecule has 0 unspecified atom stereocenters. The second-order valence-electron chi connectivity index (χ2n) is 6.20. The molecule has 4 nitrogen and oxygen atoms in total. The fraction of sp³-hybridized carbons (Fsp3) is 0.286. The first-order valence-electron chi connectivity index (χ1n) is 8.70. The number of nitrogens with zero attached hydrogens (tertiary/aromatic N) is 1. The molecule has 2 aromatic rings. The minimum atomic E-state index is -0.0564. The number of hydrogen-bond donors (Lipinski definition) is 1. The highest BCUT2D eigenvalue weighted by molar-refractivity contribution is 5.91. The fourth-order valence-corrected chi connectivity index (χ4v) is 2.88. The zero-order chi connectivity index (χ0) is 17.5. The Kier molecular flexibility index (Phi) is 5.73. The summed E-state index contributed by atoms with van der Waals surface area (Å²) in [6, 6.07) is 16.3. The van der Waals surface area contributed by atoms with Crippen LogP contribution in [0.3, 0.4) is 0 Å². The van der Waals surface area contributed by atoms with Crippen molar-refractivity contribution in [3.63, 3.8) is 0 Å². The third-order valence-electron chi connectivity index (χ3n) is 4.31. The van der Waals surface area contributed by atoms with E-state index in [1.54, 1.807) is 6.08 Å². The number of benzene rings is 2. The first-order chi connectivity index (χ1) is 12.2. The molecule has 1 N–H and O–H groups in total. The summed E-state index contributed by atoms with van der Waals surface area (Å²) in [4.78, 5) is 14.1. The highest BCUT2D eigenvalue weighted by Gasteiger charge is 2.11. The van der Waals surface area contributed by atoms with E-state index in [0.29, 0.717) is 6.54 Å². The maximum atomic E-state index is 11.9. The summed E-state index contributed by atoms with van der Waals surface area (Å²) in [7, 11) is 2.06. The van der Waals surface area contributed by atoms with Crippen molar-refractivity contribution >= 4 is 17.7 Å². The van der Waals surface area contributed by atoms with E-state index >= 15 is 0 Å². The first kappa shape index (κ1) is 17.1. The van der Waals surface area contributed by atoms with Gasteiger partial charge in [-0.3, -0.25) is 4.79 Å². The Morgan fingerprint density at radius 1 is 1.24 bits per heavy atom. The van der Waals surface area contributed by atoms with Crippen LogP contribution in [0, 0.1) is 0 Å². The molecule has 1 heterocycles. The Labute approximate surface area is 149 Å². The van der Waals surface area contributed by atoms with Crippen LogP contribution in [0.25, 0.3) is 6.08 Å². The van der Waals surface area contributed by atoms with Crippen LogP contribution in [-0.4, -0.2) is 32.7 Å². The molecule has 0 bridgehead atoms. The summed E-state index contributed by atoms with van der Waals surface area (Å²) in [5.41, 5.74) is 3.43. The van der Waals surface area contributed by atoms with Gasteiger partial charge in [0, 0.05) is 38.3 Å². The molecule has 0 aliphatic carbocycles. The number of carbonyl (C=O) groups excluding carboxylic acids is 1. The second-order valence-corrected chi connectivity index (χ2v) is 6.20. The van der Waals surface area contributed by atoms with Gasteiger partial charge in [-0.2, -0.15) is 0 Å². The van der Waals surface area contributed by atoms with Crippen molar-refractivity contribution in [3.05, 3.63) is 65.7 Å². The van der Waals surface area contributed by atoms with Gasteiger partial charge in [0.1, 0.15) is 5.75 Å². The van der Waals surface area contributed by atoms with Gasteiger partial charge in [0.25, 0.3) is 0 Å². The van der Waals surface area contributed by atoms with E-state index in [9.17, 15) is 4.79 Å². The van der Waals surface area contributed by atoms with Crippen LogP contribution in [0.15, 0.2) is 54.6 Å². The predicted molar refractivity (Wildman–Crippen MR) is 102 cm³/mol. The van der Waals surface area contributed by atoms with E-state index in [4.69, 9.17) is 4.74 Å². The van der Waals surface area contributed by atoms with Crippen LogP contribution in [0.1, 0.15) is 17.5 Å². The molecule has 0 radical (unpaired) electrons. The van der Waals surface area contributed by atoms with Gasteiger partial charge in [0.05, 0.1) is 6.61 Å². The van der Waals surface area contributed by atoms with Crippen molar-refractivity contribution < 1.29 is 9.53 Å². The second kappa shape index (κ2) is 8.38. The predicted octanol–water partition coefficient (Wildman–Crippen LogP) is 3.28. The van der Waals surface area contributed by atoms with E-state index < -0.39 is 0 Å². The van der Waals surface area contributed by atoms with Gasteiger partial charge < -0.3 is 15.0 Å². The number of ether oxygens (including phenoxy) is 1. The molecule has 1 aliphatic heterocycles. The number of para-hydroxylation sites is 1.